The second kappa shape index (κ2) is 7.66. The second-order valence-corrected chi connectivity index (χ2v) is 3.70. The van der Waals surface area contributed by atoms with Crippen molar-refractivity contribution < 1.29 is 18.7 Å². The Morgan fingerprint density at radius 1 is 1.44 bits per heavy atom. The molecule has 0 radical (unpaired) electrons. The molecule has 1 aromatic rings. The maximum atomic E-state index is 13.5. The van der Waals surface area contributed by atoms with Crippen molar-refractivity contribution in [2.45, 2.75) is 13.3 Å². The molecule has 0 saturated carbocycles. The molecular formula is C13H18FNO3. The highest BCUT2D eigenvalue weighted by molar-refractivity contribution is 5.71. The third-order valence-electron chi connectivity index (χ3n) is 2.38. The summed E-state index contributed by atoms with van der Waals surface area (Å²) in [5.74, 6) is -0.404. The summed E-state index contributed by atoms with van der Waals surface area (Å²) < 4.78 is 23.1. The van der Waals surface area contributed by atoms with Crippen molar-refractivity contribution in [3.8, 4) is 5.75 Å². The van der Waals surface area contributed by atoms with Gasteiger partial charge in [0.2, 0.25) is 0 Å². The molecule has 0 bridgehead atoms. The van der Waals surface area contributed by atoms with Gasteiger partial charge in [0.05, 0.1) is 20.3 Å². The molecule has 1 N–H and O–H groups in total. The first-order valence-electron chi connectivity index (χ1n) is 5.86. The van der Waals surface area contributed by atoms with Crippen LogP contribution in [0.25, 0.3) is 0 Å². The molecule has 100 valence electrons. The Balaban J connectivity index is 2.39. The number of ether oxygens (including phenoxy) is 2. The highest BCUT2D eigenvalue weighted by atomic mass is 19.1. The van der Waals surface area contributed by atoms with Crippen LogP contribution >= 0.6 is 0 Å². The van der Waals surface area contributed by atoms with E-state index >= 15 is 0 Å². The van der Waals surface area contributed by atoms with E-state index in [1.807, 2.05) is 13.0 Å². The zero-order valence-corrected chi connectivity index (χ0v) is 10.7. The van der Waals surface area contributed by atoms with Crippen LogP contribution in [0.5, 0.6) is 5.75 Å². The van der Waals surface area contributed by atoms with E-state index in [0.29, 0.717) is 19.6 Å². The SMILES string of the molecule is CCOc1ccc(CCNCC(=O)OC)cc1F. The molecule has 0 aliphatic carbocycles. The Kier molecular flexibility index (Phi) is 6.14. The third kappa shape index (κ3) is 4.71. The smallest absolute Gasteiger partial charge is 0.319 e. The first kappa shape index (κ1) is 14.4. The van der Waals surface area contributed by atoms with Crippen LogP contribution in [0.3, 0.4) is 0 Å². The number of carbonyl (C=O) groups is 1. The Morgan fingerprint density at radius 2 is 2.22 bits per heavy atom. The van der Waals surface area contributed by atoms with E-state index in [0.717, 1.165) is 5.56 Å². The molecule has 0 spiro atoms. The van der Waals surface area contributed by atoms with Gasteiger partial charge in [-0.25, -0.2) is 4.39 Å². The van der Waals surface area contributed by atoms with Crippen molar-refractivity contribution in [2.24, 2.45) is 0 Å². The standard InChI is InChI=1S/C13H18FNO3/c1-3-18-12-5-4-10(8-11(12)14)6-7-15-9-13(16)17-2/h4-5,8,15H,3,6-7,9H2,1-2H3. The van der Waals surface area contributed by atoms with Gasteiger partial charge in [0.1, 0.15) is 0 Å². The first-order chi connectivity index (χ1) is 8.67. The summed E-state index contributed by atoms with van der Waals surface area (Å²) >= 11 is 0. The predicted octanol–water partition coefficient (Wildman–Crippen LogP) is 1.53. The van der Waals surface area contributed by atoms with Crippen molar-refractivity contribution in [3.63, 3.8) is 0 Å². The van der Waals surface area contributed by atoms with Crippen molar-refractivity contribution in [2.75, 3.05) is 26.8 Å². The van der Waals surface area contributed by atoms with Crippen molar-refractivity contribution in [3.05, 3.63) is 29.6 Å². The largest absolute Gasteiger partial charge is 0.491 e. The van der Waals surface area contributed by atoms with Gasteiger partial charge in [-0.2, -0.15) is 0 Å². The summed E-state index contributed by atoms with van der Waals surface area (Å²) in [6, 6.07) is 4.88. The Hall–Kier alpha value is -1.62. The lowest BCUT2D eigenvalue weighted by atomic mass is 10.1. The minimum absolute atomic E-state index is 0.163. The summed E-state index contributed by atoms with van der Waals surface area (Å²) in [4.78, 5) is 10.8. The number of rotatable bonds is 7. The summed E-state index contributed by atoms with van der Waals surface area (Å²) in [7, 11) is 1.34. The number of esters is 1. The van der Waals surface area contributed by atoms with Crippen LogP contribution in [-0.4, -0.2) is 32.8 Å². The quantitative estimate of drug-likeness (QED) is 0.593. The van der Waals surface area contributed by atoms with E-state index in [1.54, 1.807) is 6.07 Å². The summed E-state index contributed by atoms with van der Waals surface area (Å²) in [5, 5.41) is 2.92. The number of hydrogen-bond donors (Lipinski definition) is 1. The topological polar surface area (TPSA) is 47.6 Å². The zero-order valence-electron chi connectivity index (χ0n) is 10.7. The highest BCUT2D eigenvalue weighted by Crippen LogP contribution is 2.18. The molecule has 0 aliphatic rings. The molecule has 0 amide bonds. The van der Waals surface area contributed by atoms with E-state index < -0.39 is 0 Å². The molecule has 0 atom stereocenters. The van der Waals surface area contributed by atoms with Gasteiger partial charge in [0.15, 0.2) is 11.6 Å². The maximum Gasteiger partial charge on any atom is 0.319 e. The Labute approximate surface area is 106 Å². The number of methoxy groups -OCH3 is 1. The average Bonchev–Trinajstić information content (AvgIpc) is 2.37. The van der Waals surface area contributed by atoms with Crippen molar-refractivity contribution in [1.29, 1.82) is 0 Å². The highest BCUT2D eigenvalue weighted by Gasteiger charge is 2.04. The molecule has 0 aromatic heterocycles. The van der Waals surface area contributed by atoms with Gasteiger partial charge >= 0.3 is 5.97 Å². The normalized spacial score (nSPS) is 10.2. The fourth-order valence-electron chi connectivity index (χ4n) is 1.47. The van der Waals surface area contributed by atoms with Crippen LogP contribution in [0.15, 0.2) is 18.2 Å². The third-order valence-corrected chi connectivity index (χ3v) is 2.38. The molecule has 1 aromatic carbocycles. The van der Waals surface area contributed by atoms with Gasteiger partial charge in [-0.15, -0.1) is 0 Å². The minimum Gasteiger partial charge on any atom is -0.491 e. The molecule has 1 rings (SSSR count). The first-order valence-corrected chi connectivity index (χ1v) is 5.86. The summed E-state index contributed by atoms with van der Waals surface area (Å²) in [6.07, 6.45) is 0.639. The summed E-state index contributed by atoms with van der Waals surface area (Å²) in [6.45, 7) is 3.00. The van der Waals surface area contributed by atoms with E-state index in [1.165, 1.54) is 13.2 Å². The lowest BCUT2D eigenvalue weighted by Gasteiger charge is -2.07. The van der Waals surface area contributed by atoms with Crippen LogP contribution in [-0.2, 0) is 16.0 Å². The molecule has 5 heteroatoms. The number of carbonyl (C=O) groups excluding carboxylic acids is 1. The lowest BCUT2D eigenvalue weighted by molar-refractivity contribution is -0.139. The maximum absolute atomic E-state index is 13.5. The zero-order chi connectivity index (χ0) is 13.4. The molecule has 0 unspecified atom stereocenters. The van der Waals surface area contributed by atoms with Gasteiger partial charge in [0.25, 0.3) is 0 Å². The molecule has 0 aliphatic heterocycles. The van der Waals surface area contributed by atoms with E-state index in [2.05, 4.69) is 10.1 Å². The minimum atomic E-state index is -0.359. The molecular weight excluding hydrogens is 237 g/mol. The van der Waals surface area contributed by atoms with Crippen LogP contribution in [0.4, 0.5) is 4.39 Å². The Bertz CT molecular complexity index is 396. The van der Waals surface area contributed by atoms with Crippen LogP contribution in [0, 0.1) is 5.82 Å². The van der Waals surface area contributed by atoms with E-state index in [4.69, 9.17) is 4.74 Å². The van der Waals surface area contributed by atoms with Gasteiger partial charge in [-0.05, 0) is 37.6 Å². The van der Waals surface area contributed by atoms with E-state index in [9.17, 15) is 9.18 Å². The molecule has 0 heterocycles. The number of benzene rings is 1. The van der Waals surface area contributed by atoms with Crippen molar-refractivity contribution in [1.82, 2.24) is 5.32 Å². The summed E-state index contributed by atoms with van der Waals surface area (Å²) in [5.41, 5.74) is 0.855. The predicted molar refractivity (Wildman–Crippen MR) is 66.2 cm³/mol. The van der Waals surface area contributed by atoms with Crippen LogP contribution in [0.2, 0.25) is 0 Å². The average molecular weight is 255 g/mol. The van der Waals surface area contributed by atoms with Crippen LogP contribution < -0.4 is 10.1 Å². The second-order valence-electron chi connectivity index (χ2n) is 3.70. The number of hydrogen-bond acceptors (Lipinski definition) is 4. The van der Waals surface area contributed by atoms with Gasteiger partial charge in [0, 0.05) is 0 Å². The fourth-order valence-corrected chi connectivity index (χ4v) is 1.47. The molecule has 18 heavy (non-hydrogen) atoms. The Morgan fingerprint density at radius 3 is 2.83 bits per heavy atom. The van der Waals surface area contributed by atoms with E-state index in [-0.39, 0.29) is 24.1 Å². The molecule has 0 saturated heterocycles. The molecule has 0 fully saturated rings. The molecule has 4 nitrogen and oxygen atoms in total. The number of nitrogens with one attached hydrogen (secondary N) is 1. The lowest BCUT2D eigenvalue weighted by Crippen LogP contribution is -2.25. The number of halogens is 1. The monoisotopic (exact) mass is 255 g/mol. The van der Waals surface area contributed by atoms with Gasteiger partial charge < -0.3 is 14.8 Å². The van der Waals surface area contributed by atoms with Gasteiger partial charge in [-0.1, -0.05) is 6.07 Å². The fraction of sp³-hybridized carbons (Fsp3) is 0.462. The van der Waals surface area contributed by atoms with Gasteiger partial charge in [-0.3, -0.25) is 4.79 Å². The van der Waals surface area contributed by atoms with Crippen LogP contribution in [0.1, 0.15) is 12.5 Å². The van der Waals surface area contributed by atoms with Crippen molar-refractivity contribution >= 4 is 5.97 Å².